The zero-order chi connectivity index (χ0) is 13.4. The third-order valence-corrected chi connectivity index (χ3v) is 4.38. The lowest BCUT2D eigenvalue weighted by atomic mass is 10.1. The molecule has 1 aliphatic rings. The number of anilines is 2. The summed E-state index contributed by atoms with van der Waals surface area (Å²) in [6, 6.07) is 4.02. The van der Waals surface area contributed by atoms with Crippen molar-refractivity contribution in [1.82, 2.24) is 4.90 Å². The molecule has 2 N–H and O–H groups in total. The Bertz CT molecular complexity index is 440. The first-order valence-electron chi connectivity index (χ1n) is 6.11. The average Bonchev–Trinajstić information content (AvgIpc) is 2.30. The summed E-state index contributed by atoms with van der Waals surface area (Å²) in [4.78, 5) is 4.50. The maximum atomic E-state index is 13.6. The van der Waals surface area contributed by atoms with Gasteiger partial charge in [-0.2, -0.15) is 0 Å². The molecule has 1 fully saturated rings. The molecular weight excluding hydrogens is 297 g/mol. The van der Waals surface area contributed by atoms with Gasteiger partial charge in [-0.3, -0.25) is 4.90 Å². The lowest BCUT2D eigenvalue weighted by Gasteiger charge is -2.43. The molecule has 1 aliphatic heterocycles. The van der Waals surface area contributed by atoms with Gasteiger partial charge in [-0.05, 0) is 42.9 Å². The van der Waals surface area contributed by atoms with E-state index >= 15 is 0 Å². The molecule has 0 amide bonds. The summed E-state index contributed by atoms with van der Waals surface area (Å²) in [6.07, 6.45) is 0. The van der Waals surface area contributed by atoms with Gasteiger partial charge in [0.2, 0.25) is 0 Å². The molecule has 18 heavy (non-hydrogen) atoms. The van der Waals surface area contributed by atoms with Crippen molar-refractivity contribution in [1.29, 1.82) is 0 Å². The number of nitrogen functional groups attached to an aromatic ring is 1. The van der Waals surface area contributed by atoms with E-state index in [4.69, 9.17) is 5.73 Å². The van der Waals surface area contributed by atoms with Crippen LogP contribution >= 0.6 is 15.9 Å². The predicted molar refractivity (Wildman–Crippen MR) is 77.4 cm³/mol. The molecule has 2 rings (SSSR count). The van der Waals surface area contributed by atoms with Gasteiger partial charge in [0.05, 0.1) is 15.8 Å². The minimum absolute atomic E-state index is 0.265. The maximum absolute atomic E-state index is 13.6. The van der Waals surface area contributed by atoms with Crippen LogP contribution in [0.5, 0.6) is 0 Å². The summed E-state index contributed by atoms with van der Waals surface area (Å²) in [7, 11) is 2.12. The van der Waals surface area contributed by atoms with Crippen molar-refractivity contribution in [2.24, 2.45) is 0 Å². The van der Waals surface area contributed by atoms with Crippen LogP contribution in [0, 0.1) is 5.82 Å². The van der Waals surface area contributed by atoms with Crippen LogP contribution in [0.25, 0.3) is 0 Å². The molecule has 0 unspecified atom stereocenters. The van der Waals surface area contributed by atoms with E-state index in [-0.39, 0.29) is 5.82 Å². The highest BCUT2D eigenvalue weighted by Crippen LogP contribution is 2.31. The molecule has 0 spiro atoms. The molecule has 0 aliphatic carbocycles. The largest absolute Gasteiger partial charge is 0.397 e. The first kappa shape index (κ1) is 13.6. The van der Waals surface area contributed by atoms with Gasteiger partial charge >= 0.3 is 0 Å². The molecule has 0 radical (unpaired) electrons. The van der Waals surface area contributed by atoms with E-state index < -0.39 is 0 Å². The Hall–Kier alpha value is -0.810. The van der Waals surface area contributed by atoms with Crippen LogP contribution in [0.15, 0.2) is 16.6 Å². The fourth-order valence-electron chi connectivity index (χ4n) is 2.43. The zero-order valence-corrected chi connectivity index (χ0v) is 12.5. The van der Waals surface area contributed by atoms with Crippen molar-refractivity contribution >= 4 is 27.3 Å². The van der Waals surface area contributed by atoms with Gasteiger partial charge in [-0.1, -0.05) is 0 Å². The molecule has 1 aromatic rings. The number of nitrogens with zero attached hydrogens (tertiary/aromatic N) is 2. The minimum atomic E-state index is -0.265. The normalized spacial score (nSPS) is 25.5. The second-order valence-electron chi connectivity index (χ2n) is 5.09. The first-order valence-corrected chi connectivity index (χ1v) is 6.91. The number of rotatable bonds is 1. The molecule has 1 heterocycles. The summed E-state index contributed by atoms with van der Waals surface area (Å²) in [5.41, 5.74) is 7.41. The third-order valence-electron chi connectivity index (χ3n) is 3.77. The van der Waals surface area contributed by atoms with Crippen molar-refractivity contribution in [3.8, 4) is 0 Å². The number of nitrogens with two attached hydrogens (primary N) is 1. The quantitative estimate of drug-likeness (QED) is 0.809. The molecule has 0 aromatic heterocycles. The van der Waals surface area contributed by atoms with Gasteiger partial charge in [0.1, 0.15) is 5.82 Å². The van der Waals surface area contributed by atoms with E-state index in [1.807, 2.05) is 0 Å². The van der Waals surface area contributed by atoms with Crippen molar-refractivity contribution in [3.05, 3.63) is 22.4 Å². The average molecular weight is 316 g/mol. The Balaban J connectivity index is 2.29. The summed E-state index contributed by atoms with van der Waals surface area (Å²) in [5, 5.41) is 0. The molecule has 0 saturated carbocycles. The van der Waals surface area contributed by atoms with E-state index in [0.29, 0.717) is 22.2 Å². The fourth-order valence-corrected chi connectivity index (χ4v) is 2.79. The van der Waals surface area contributed by atoms with E-state index in [1.54, 1.807) is 6.07 Å². The smallest absolute Gasteiger partial charge is 0.139 e. The fraction of sp³-hybridized carbons (Fsp3) is 0.538. The Morgan fingerprint density at radius 1 is 1.28 bits per heavy atom. The Morgan fingerprint density at radius 3 is 2.39 bits per heavy atom. The van der Waals surface area contributed by atoms with Crippen molar-refractivity contribution < 1.29 is 4.39 Å². The summed E-state index contributed by atoms with van der Waals surface area (Å²) in [5.74, 6) is -0.265. The SMILES string of the molecule is C[C@@H]1CN(c2cc(F)c(Br)cc2N)C[C@H](C)N1C. The third kappa shape index (κ3) is 2.47. The van der Waals surface area contributed by atoms with Crippen LogP contribution < -0.4 is 10.6 Å². The highest BCUT2D eigenvalue weighted by Gasteiger charge is 2.27. The van der Waals surface area contributed by atoms with Gasteiger partial charge in [-0.25, -0.2) is 4.39 Å². The molecule has 3 nitrogen and oxygen atoms in total. The number of hydrogen-bond acceptors (Lipinski definition) is 3. The lowest BCUT2D eigenvalue weighted by Crippen LogP contribution is -2.55. The van der Waals surface area contributed by atoms with Crippen LogP contribution in [-0.4, -0.2) is 37.1 Å². The Morgan fingerprint density at radius 2 is 1.83 bits per heavy atom. The van der Waals surface area contributed by atoms with E-state index in [2.05, 4.69) is 46.6 Å². The second-order valence-corrected chi connectivity index (χ2v) is 5.95. The van der Waals surface area contributed by atoms with Gasteiger partial charge < -0.3 is 10.6 Å². The molecule has 0 bridgehead atoms. The van der Waals surface area contributed by atoms with Crippen molar-refractivity contribution in [3.63, 3.8) is 0 Å². The minimum Gasteiger partial charge on any atom is -0.397 e. The van der Waals surface area contributed by atoms with Crippen molar-refractivity contribution in [2.75, 3.05) is 30.8 Å². The van der Waals surface area contributed by atoms with Crippen LogP contribution in [0.1, 0.15) is 13.8 Å². The molecule has 1 aromatic carbocycles. The number of piperazine rings is 1. The van der Waals surface area contributed by atoms with Crippen LogP contribution in [0.2, 0.25) is 0 Å². The predicted octanol–water partition coefficient (Wildman–Crippen LogP) is 2.70. The lowest BCUT2D eigenvalue weighted by molar-refractivity contribution is 0.170. The zero-order valence-electron chi connectivity index (χ0n) is 11.0. The molecule has 2 atom stereocenters. The van der Waals surface area contributed by atoms with Gasteiger partial charge in [0.25, 0.3) is 0 Å². The van der Waals surface area contributed by atoms with Crippen LogP contribution in [0.3, 0.4) is 0 Å². The summed E-state index contributed by atoms with van der Waals surface area (Å²) in [6.45, 7) is 6.08. The second kappa shape index (κ2) is 5.05. The molecule has 100 valence electrons. The number of hydrogen-bond donors (Lipinski definition) is 1. The topological polar surface area (TPSA) is 32.5 Å². The summed E-state index contributed by atoms with van der Waals surface area (Å²) < 4.78 is 14.1. The Kier molecular flexibility index (Phi) is 3.82. The monoisotopic (exact) mass is 315 g/mol. The van der Waals surface area contributed by atoms with Crippen LogP contribution in [-0.2, 0) is 0 Å². The standard InChI is InChI=1S/C13H19BrFN3/c1-8-6-18(7-9(2)17(8)3)13-5-11(15)10(14)4-12(13)16/h4-5,8-9H,6-7,16H2,1-3H3/t8-,9+. The van der Waals surface area contributed by atoms with E-state index in [9.17, 15) is 4.39 Å². The highest BCUT2D eigenvalue weighted by molar-refractivity contribution is 9.10. The van der Waals surface area contributed by atoms with Gasteiger partial charge in [0, 0.05) is 31.2 Å². The van der Waals surface area contributed by atoms with Gasteiger partial charge in [0.15, 0.2) is 0 Å². The summed E-state index contributed by atoms with van der Waals surface area (Å²) >= 11 is 3.16. The maximum Gasteiger partial charge on any atom is 0.139 e. The van der Waals surface area contributed by atoms with Crippen molar-refractivity contribution in [2.45, 2.75) is 25.9 Å². The van der Waals surface area contributed by atoms with Gasteiger partial charge in [-0.15, -0.1) is 0 Å². The Labute approximate surface area is 116 Å². The van der Waals surface area contributed by atoms with E-state index in [0.717, 1.165) is 18.8 Å². The molecule has 5 heteroatoms. The number of halogens is 2. The number of benzene rings is 1. The molecular formula is C13H19BrFN3. The molecule has 1 saturated heterocycles. The van der Waals surface area contributed by atoms with E-state index in [1.165, 1.54) is 6.07 Å². The first-order chi connectivity index (χ1) is 8.40. The van der Waals surface area contributed by atoms with Crippen LogP contribution in [0.4, 0.5) is 15.8 Å². The highest BCUT2D eigenvalue weighted by atomic mass is 79.9. The number of likely N-dealkylation sites (N-methyl/N-ethyl adjacent to an activating group) is 1.